The maximum absolute atomic E-state index is 12.9. The summed E-state index contributed by atoms with van der Waals surface area (Å²) in [5.74, 6) is -1.21. The zero-order valence-corrected chi connectivity index (χ0v) is 14.9. The average Bonchev–Trinajstić information content (AvgIpc) is 2.79. The van der Waals surface area contributed by atoms with Gasteiger partial charge in [-0.2, -0.15) is 0 Å². The van der Waals surface area contributed by atoms with Crippen molar-refractivity contribution in [3.63, 3.8) is 0 Å². The van der Waals surface area contributed by atoms with Crippen molar-refractivity contribution in [2.45, 2.75) is 58.9 Å². The van der Waals surface area contributed by atoms with E-state index in [1.807, 2.05) is 27.7 Å². The van der Waals surface area contributed by atoms with E-state index in [0.717, 1.165) is 15.0 Å². The van der Waals surface area contributed by atoms with Crippen molar-refractivity contribution in [1.29, 1.82) is 0 Å². The van der Waals surface area contributed by atoms with E-state index in [2.05, 4.69) is 0 Å². The molecule has 0 unspecified atom stereocenters. The van der Waals surface area contributed by atoms with Crippen molar-refractivity contribution in [2.75, 3.05) is 0 Å². The van der Waals surface area contributed by atoms with Crippen LogP contribution >= 0.6 is 11.3 Å². The Morgan fingerprint density at radius 1 is 1.38 bits per heavy atom. The first-order valence-electron chi connectivity index (χ1n) is 7.77. The van der Waals surface area contributed by atoms with Gasteiger partial charge < -0.3 is 9.84 Å². The summed E-state index contributed by atoms with van der Waals surface area (Å²) in [6.45, 7) is 7.35. The SMILES string of the molecule is CC(C)n1c(=O)n(CC(=O)O)c(=O)c2c3c(sc21)COC(C)(C)C3. The van der Waals surface area contributed by atoms with E-state index in [1.165, 1.54) is 15.9 Å². The molecular formula is C16H20N2O5S. The van der Waals surface area contributed by atoms with Crippen molar-refractivity contribution < 1.29 is 14.6 Å². The Hall–Kier alpha value is -1.93. The minimum absolute atomic E-state index is 0.185. The van der Waals surface area contributed by atoms with E-state index in [9.17, 15) is 14.4 Å². The van der Waals surface area contributed by atoms with Gasteiger partial charge in [0.15, 0.2) is 0 Å². The molecule has 2 aromatic heterocycles. The van der Waals surface area contributed by atoms with Crippen LogP contribution in [0.4, 0.5) is 0 Å². The lowest BCUT2D eigenvalue weighted by Crippen LogP contribution is -2.42. The molecule has 0 aromatic carbocycles. The van der Waals surface area contributed by atoms with Crippen LogP contribution in [0.15, 0.2) is 9.59 Å². The van der Waals surface area contributed by atoms with Crippen molar-refractivity contribution in [2.24, 2.45) is 0 Å². The molecule has 0 amide bonds. The highest BCUT2D eigenvalue weighted by Crippen LogP contribution is 2.37. The van der Waals surface area contributed by atoms with Crippen molar-refractivity contribution in [3.8, 4) is 0 Å². The van der Waals surface area contributed by atoms with Crippen LogP contribution in [0.1, 0.15) is 44.2 Å². The fraction of sp³-hybridized carbons (Fsp3) is 0.562. The number of hydrogen-bond donors (Lipinski definition) is 1. The molecule has 0 spiro atoms. The summed E-state index contributed by atoms with van der Waals surface area (Å²) in [5, 5.41) is 9.52. The number of fused-ring (bicyclic) bond motifs is 3. The number of carbonyl (C=O) groups is 1. The molecule has 0 atom stereocenters. The molecule has 3 heterocycles. The van der Waals surface area contributed by atoms with Gasteiger partial charge in [-0.3, -0.25) is 14.2 Å². The van der Waals surface area contributed by atoms with Gasteiger partial charge in [-0.1, -0.05) is 0 Å². The molecule has 1 N–H and O–H groups in total. The first kappa shape index (κ1) is 16.9. The number of aliphatic carboxylic acids is 1. The molecule has 0 radical (unpaired) electrons. The zero-order chi connectivity index (χ0) is 17.8. The highest BCUT2D eigenvalue weighted by atomic mass is 32.1. The standard InChI is InChI=1S/C16H20N2O5S/c1-8(2)18-14-12(13(21)17(15(18)22)6-11(19)20)9-5-16(3,4)23-7-10(9)24-14/h8H,5-7H2,1-4H3,(H,19,20). The maximum atomic E-state index is 12.9. The van der Waals surface area contributed by atoms with E-state index in [1.54, 1.807) is 0 Å². The van der Waals surface area contributed by atoms with Crippen LogP contribution in [-0.4, -0.2) is 25.8 Å². The predicted octanol–water partition coefficient (Wildman–Crippen LogP) is 1.74. The molecule has 130 valence electrons. The Balaban J connectivity index is 2.43. The van der Waals surface area contributed by atoms with Crippen LogP contribution in [0.3, 0.4) is 0 Å². The predicted molar refractivity (Wildman–Crippen MR) is 90.9 cm³/mol. The van der Waals surface area contributed by atoms with Crippen molar-refractivity contribution >= 4 is 27.5 Å². The van der Waals surface area contributed by atoms with Gasteiger partial charge in [-0.05, 0) is 33.3 Å². The van der Waals surface area contributed by atoms with Crippen LogP contribution in [-0.2, 0) is 29.1 Å². The molecule has 0 saturated carbocycles. The van der Waals surface area contributed by atoms with Crippen molar-refractivity contribution in [1.82, 2.24) is 9.13 Å². The normalized spacial score (nSPS) is 16.5. The van der Waals surface area contributed by atoms with E-state index < -0.39 is 29.4 Å². The Kier molecular flexibility index (Phi) is 3.92. The number of carboxylic acid groups (broad SMARTS) is 1. The van der Waals surface area contributed by atoms with E-state index in [0.29, 0.717) is 23.2 Å². The topological polar surface area (TPSA) is 90.5 Å². The minimum Gasteiger partial charge on any atom is -0.480 e. The number of rotatable bonds is 3. The number of carboxylic acids is 1. The third kappa shape index (κ3) is 2.59. The molecule has 0 saturated heterocycles. The van der Waals surface area contributed by atoms with Gasteiger partial charge in [0, 0.05) is 17.3 Å². The molecule has 7 nitrogen and oxygen atoms in total. The first-order valence-corrected chi connectivity index (χ1v) is 8.59. The third-order valence-corrected chi connectivity index (χ3v) is 5.40. The zero-order valence-electron chi connectivity index (χ0n) is 14.1. The van der Waals surface area contributed by atoms with Crippen LogP contribution in [0, 0.1) is 0 Å². The summed E-state index contributed by atoms with van der Waals surface area (Å²) in [5.41, 5.74) is -0.623. The number of hydrogen-bond acceptors (Lipinski definition) is 5. The third-order valence-electron chi connectivity index (χ3n) is 4.19. The molecule has 2 aromatic rings. The summed E-state index contributed by atoms with van der Waals surface area (Å²) in [6, 6.07) is -0.185. The van der Waals surface area contributed by atoms with E-state index >= 15 is 0 Å². The second-order valence-electron chi connectivity index (χ2n) is 6.94. The summed E-state index contributed by atoms with van der Waals surface area (Å²) < 4.78 is 8.14. The lowest BCUT2D eigenvalue weighted by Gasteiger charge is -2.29. The molecule has 1 aliphatic rings. The van der Waals surface area contributed by atoms with Gasteiger partial charge in [-0.15, -0.1) is 11.3 Å². The highest BCUT2D eigenvalue weighted by molar-refractivity contribution is 7.18. The molecular weight excluding hydrogens is 332 g/mol. The molecule has 0 fully saturated rings. The quantitative estimate of drug-likeness (QED) is 0.909. The molecule has 0 aliphatic carbocycles. The van der Waals surface area contributed by atoms with Crippen LogP contribution < -0.4 is 11.2 Å². The molecule has 8 heteroatoms. The molecule has 0 bridgehead atoms. The van der Waals surface area contributed by atoms with Crippen LogP contribution in [0.2, 0.25) is 0 Å². The lowest BCUT2D eigenvalue weighted by molar-refractivity contribution is -0.137. The Morgan fingerprint density at radius 3 is 2.62 bits per heavy atom. The van der Waals surface area contributed by atoms with Gasteiger partial charge >= 0.3 is 11.7 Å². The van der Waals surface area contributed by atoms with E-state index in [4.69, 9.17) is 9.84 Å². The Bertz CT molecular complexity index is 948. The van der Waals surface area contributed by atoms with Gasteiger partial charge in [0.1, 0.15) is 11.4 Å². The summed E-state index contributed by atoms with van der Waals surface area (Å²) >= 11 is 1.39. The lowest BCUT2D eigenvalue weighted by atomic mass is 9.94. The summed E-state index contributed by atoms with van der Waals surface area (Å²) in [6.07, 6.45) is 0.556. The maximum Gasteiger partial charge on any atom is 0.332 e. The Labute approximate surface area is 142 Å². The average molecular weight is 352 g/mol. The largest absolute Gasteiger partial charge is 0.480 e. The second-order valence-corrected chi connectivity index (χ2v) is 8.02. The second kappa shape index (κ2) is 5.56. The van der Waals surface area contributed by atoms with Gasteiger partial charge in [-0.25, -0.2) is 9.36 Å². The Morgan fingerprint density at radius 2 is 2.04 bits per heavy atom. The smallest absolute Gasteiger partial charge is 0.332 e. The highest BCUT2D eigenvalue weighted by Gasteiger charge is 2.32. The molecule has 1 aliphatic heterocycles. The fourth-order valence-electron chi connectivity index (χ4n) is 3.10. The summed E-state index contributed by atoms with van der Waals surface area (Å²) in [7, 11) is 0. The first-order chi connectivity index (χ1) is 11.1. The minimum atomic E-state index is -1.21. The monoisotopic (exact) mass is 352 g/mol. The molecule has 24 heavy (non-hydrogen) atoms. The van der Waals surface area contributed by atoms with Crippen LogP contribution in [0.5, 0.6) is 0 Å². The number of nitrogens with zero attached hydrogens (tertiary/aromatic N) is 2. The van der Waals surface area contributed by atoms with Crippen molar-refractivity contribution in [3.05, 3.63) is 31.3 Å². The number of ether oxygens (including phenoxy) is 1. The summed E-state index contributed by atoms with van der Waals surface area (Å²) in [4.78, 5) is 38.1. The number of thiophene rings is 1. The van der Waals surface area contributed by atoms with E-state index in [-0.39, 0.29) is 6.04 Å². The van der Waals surface area contributed by atoms with Gasteiger partial charge in [0.2, 0.25) is 0 Å². The fourth-order valence-corrected chi connectivity index (χ4v) is 4.45. The number of aromatic nitrogens is 2. The molecule has 3 rings (SSSR count). The van der Waals surface area contributed by atoms with Crippen LogP contribution in [0.25, 0.3) is 10.2 Å². The van der Waals surface area contributed by atoms with Gasteiger partial charge in [0.05, 0.1) is 17.6 Å². The van der Waals surface area contributed by atoms with Gasteiger partial charge in [0.25, 0.3) is 5.56 Å².